The molecule has 1 unspecified atom stereocenters. The normalized spacial score (nSPS) is 12.7. The number of hydrogen-bond donors (Lipinski definition) is 1. The average molecular weight is 349 g/mol. The van der Waals surface area contributed by atoms with Crippen LogP contribution < -0.4 is 5.73 Å². The van der Waals surface area contributed by atoms with Crippen molar-refractivity contribution >= 4 is 43.2 Å². The Bertz CT molecular complexity index is 458. The summed E-state index contributed by atoms with van der Waals surface area (Å²) in [4.78, 5) is 8.46. The van der Waals surface area contributed by atoms with Gasteiger partial charge < -0.3 is 5.73 Å². The van der Waals surface area contributed by atoms with E-state index in [1.165, 1.54) is 11.3 Å². The van der Waals surface area contributed by atoms with Crippen LogP contribution in [0, 0.1) is 0 Å². The van der Waals surface area contributed by atoms with Crippen molar-refractivity contribution in [2.24, 2.45) is 5.73 Å². The van der Waals surface area contributed by atoms with Gasteiger partial charge in [0.05, 0.1) is 5.69 Å². The molecule has 2 rings (SSSR count). The molecule has 2 N–H and O–H groups in total. The molecule has 6 heteroatoms. The van der Waals surface area contributed by atoms with E-state index >= 15 is 0 Å². The third-order valence-corrected chi connectivity index (χ3v) is 3.78. The number of thiazole rings is 1. The molecule has 0 aliphatic rings. The predicted octanol–water partition coefficient (Wildman–Crippen LogP) is 3.11. The Morgan fingerprint density at radius 2 is 2.13 bits per heavy atom. The monoisotopic (exact) mass is 347 g/mol. The lowest BCUT2D eigenvalue weighted by Crippen LogP contribution is -2.13. The highest BCUT2D eigenvalue weighted by Crippen LogP contribution is 2.27. The van der Waals surface area contributed by atoms with Crippen LogP contribution in [-0.2, 0) is 0 Å². The average Bonchev–Trinajstić information content (AvgIpc) is 2.69. The standard InChI is InChI=1S/C9H7Br2N3S/c10-5-3-6(11)8(14-4-5)7(12)9-13-1-2-15-9/h1-4,7H,12H2. The smallest absolute Gasteiger partial charge is 0.115 e. The van der Waals surface area contributed by atoms with Crippen LogP contribution in [-0.4, -0.2) is 9.97 Å². The molecule has 0 spiro atoms. The van der Waals surface area contributed by atoms with E-state index in [0.29, 0.717) is 0 Å². The summed E-state index contributed by atoms with van der Waals surface area (Å²) >= 11 is 8.32. The molecular formula is C9H7Br2N3S. The minimum atomic E-state index is -0.271. The van der Waals surface area contributed by atoms with Crippen molar-refractivity contribution < 1.29 is 0 Å². The van der Waals surface area contributed by atoms with Crippen LogP contribution >= 0.6 is 43.2 Å². The number of halogens is 2. The van der Waals surface area contributed by atoms with Crippen LogP contribution in [0.4, 0.5) is 0 Å². The largest absolute Gasteiger partial charge is 0.317 e. The van der Waals surface area contributed by atoms with E-state index in [4.69, 9.17) is 5.73 Å². The van der Waals surface area contributed by atoms with Crippen LogP contribution in [0.3, 0.4) is 0 Å². The zero-order valence-corrected chi connectivity index (χ0v) is 11.5. The molecule has 2 aromatic heterocycles. The Hall–Kier alpha value is -0.300. The maximum Gasteiger partial charge on any atom is 0.115 e. The Morgan fingerprint density at radius 3 is 2.73 bits per heavy atom. The molecule has 0 saturated heterocycles. The number of nitrogens with zero attached hydrogens (tertiary/aromatic N) is 2. The Kier molecular flexibility index (Phi) is 3.50. The van der Waals surface area contributed by atoms with Crippen LogP contribution in [0.2, 0.25) is 0 Å². The molecule has 0 aromatic carbocycles. The molecule has 1 atom stereocenters. The van der Waals surface area contributed by atoms with Crippen molar-refractivity contribution in [1.29, 1.82) is 0 Å². The van der Waals surface area contributed by atoms with E-state index in [-0.39, 0.29) is 6.04 Å². The lowest BCUT2D eigenvalue weighted by molar-refractivity contribution is 0.811. The first-order valence-electron chi connectivity index (χ1n) is 4.14. The fourth-order valence-corrected chi connectivity index (χ4v) is 3.03. The predicted molar refractivity (Wildman–Crippen MR) is 67.8 cm³/mol. The van der Waals surface area contributed by atoms with Crippen LogP contribution in [0.15, 0.2) is 32.8 Å². The van der Waals surface area contributed by atoms with Crippen molar-refractivity contribution in [3.63, 3.8) is 0 Å². The first-order chi connectivity index (χ1) is 7.18. The molecule has 0 fully saturated rings. The molecular weight excluding hydrogens is 342 g/mol. The Labute approximate surface area is 108 Å². The van der Waals surface area contributed by atoms with Gasteiger partial charge in [-0.1, -0.05) is 0 Å². The zero-order valence-electron chi connectivity index (χ0n) is 7.52. The van der Waals surface area contributed by atoms with Crippen LogP contribution in [0.1, 0.15) is 16.7 Å². The van der Waals surface area contributed by atoms with Gasteiger partial charge in [0.1, 0.15) is 11.0 Å². The third kappa shape index (κ3) is 2.44. The molecule has 15 heavy (non-hydrogen) atoms. The first kappa shape index (κ1) is 11.2. The highest BCUT2D eigenvalue weighted by molar-refractivity contribution is 9.11. The quantitative estimate of drug-likeness (QED) is 0.907. The zero-order chi connectivity index (χ0) is 10.8. The maximum atomic E-state index is 6.05. The molecule has 2 aromatic rings. The molecule has 0 aliphatic heterocycles. The van der Waals surface area contributed by atoms with E-state index in [1.807, 2.05) is 11.4 Å². The summed E-state index contributed by atoms with van der Waals surface area (Å²) in [6.07, 6.45) is 3.47. The molecule has 2 heterocycles. The summed E-state index contributed by atoms with van der Waals surface area (Å²) in [5.41, 5.74) is 6.85. The molecule has 0 bridgehead atoms. The summed E-state index contributed by atoms with van der Waals surface area (Å²) in [6, 6.07) is 1.66. The number of hydrogen-bond acceptors (Lipinski definition) is 4. The Balaban J connectivity index is 2.38. The Morgan fingerprint density at radius 1 is 1.33 bits per heavy atom. The van der Waals surface area contributed by atoms with Gasteiger partial charge in [0.25, 0.3) is 0 Å². The highest BCUT2D eigenvalue weighted by Gasteiger charge is 2.16. The fourth-order valence-electron chi connectivity index (χ4n) is 1.16. The summed E-state index contributed by atoms with van der Waals surface area (Å²) < 4.78 is 1.81. The second-order valence-corrected chi connectivity index (χ2v) is 5.56. The number of nitrogens with two attached hydrogens (primary N) is 1. The fraction of sp³-hybridized carbons (Fsp3) is 0.111. The van der Waals surface area contributed by atoms with E-state index in [1.54, 1.807) is 12.4 Å². The minimum Gasteiger partial charge on any atom is -0.317 e. The molecule has 3 nitrogen and oxygen atoms in total. The second-order valence-electron chi connectivity index (χ2n) is 2.87. The summed E-state index contributed by atoms with van der Waals surface area (Å²) in [5.74, 6) is 0. The van der Waals surface area contributed by atoms with E-state index < -0.39 is 0 Å². The van der Waals surface area contributed by atoms with Crippen molar-refractivity contribution in [1.82, 2.24) is 9.97 Å². The van der Waals surface area contributed by atoms with Crippen molar-refractivity contribution in [3.8, 4) is 0 Å². The van der Waals surface area contributed by atoms with Crippen LogP contribution in [0.5, 0.6) is 0 Å². The molecule has 0 aliphatic carbocycles. The van der Waals surface area contributed by atoms with Gasteiger partial charge in [0.2, 0.25) is 0 Å². The number of rotatable bonds is 2. The number of aromatic nitrogens is 2. The topological polar surface area (TPSA) is 51.8 Å². The van der Waals surface area contributed by atoms with Gasteiger partial charge in [-0.15, -0.1) is 11.3 Å². The van der Waals surface area contributed by atoms with Crippen molar-refractivity contribution in [3.05, 3.63) is 43.5 Å². The molecule has 78 valence electrons. The second kappa shape index (κ2) is 4.69. The summed E-state index contributed by atoms with van der Waals surface area (Å²) in [6.45, 7) is 0. The van der Waals surface area contributed by atoms with Gasteiger partial charge in [-0.3, -0.25) is 4.98 Å². The van der Waals surface area contributed by atoms with E-state index in [9.17, 15) is 0 Å². The molecule has 0 amide bonds. The highest BCUT2D eigenvalue weighted by atomic mass is 79.9. The van der Waals surface area contributed by atoms with Gasteiger partial charge in [-0.05, 0) is 37.9 Å². The summed E-state index contributed by atoms with van der Waals surface area (Å²) in [5, 5.41) is 2.77. The van der Waals surface area contributed by atoms with Crippen molar-refractivity contribution in [2.75, 3.05) is 0 Å². The molecule has 0 saturated carbocycles. The van der Waals surface area contributed by atoms with E-state index in [0.717, 1.165) is 19.6 Å². The SMILES string of the molecule is NC(c1nccs1)c1ncc(Br)cc1Br. The van der Waals surface area contributed by atoms with Gasteiger partial charge in [0.15, 0.2) is 0 Å². The lowest BCUT2D eigenvalue weighted by Gasteiger charge is -2.09. The van der Waals surface area contributed by atoms with E-state index in [2.05, 4.69) is 41.8 Å². The van der Waals surface area contributed by atoms with Gasteiger partial charge in [-0.2, -0.15) is 0 Å². The van der Waals surface area contributed by atoms with Crippen molar-refractivity contribution in [2.45, 2.75) is 6.04 Å². The minimum absolute atomic E-state index is 0.271. The summed E-state index contributed by atoms with van der Waals surface area (Å²) in [7, 11) is 0. The molecule has 0 radical (unpaired) electrons. The first-order valence-corrected chi connectivity index (χ1v) is 6.61. The maximum absolute atomic E-state index is 6.05. The van der Waals surface area contributed by atoms with Gasteiger partial charge in [-0.25, -0.2) is 4.98 Å². The number of pyridine rings is 1. The third-order valence-electron chi connectivity index (χ3n) is 1.85. The van der Waals surface area contributed by atoms with Crippen LogP contribution in [0.25, 0.3) is 0 Å². The van der Waals surface area contributed by atoms with Gasteiger partial charge >= 0.3 is 0 Å². The lowest BCUT2D eigenvalue weighted by atomic mass is 10.2. The van der Waals surface area contributed by atoms with Gasteiger partial charge in [0, 0.05) is 26.7 Å².